The minimum atomic E-state index is -2.89. The number of carbonyl (C=O) groups is 1. The first-order valence-corrected chi connectivity index (χ1v) is 5.23. The monoisotopic (exact) mass is 269 g/mol. The Bertz CT molecular complexity index is 592. The molecule has 1 N–H and O–H groups in total. The van der Waals surface area contributed by atoms with Gasteiger partial charge in [0.1, 0.15) is 11.5 Å². The SMILES string of the molecule is Cc1oc(-c2ccc(OC(F)F)cc2)nc1C(=O)O. The van der Waals surface area contributed by atoms with Crippen molar-refractivity contribution in [3.05, 3.63) is 35.7 Å². The molecule has 2 aromatic rings. The van der Waals surface area contributed by atoms with Crippen LogP contribution in [-0.4, -0.2) is 22.7 Å². The van der Waals surface area contributed by atoms with E-state index in [-0.39, 0.29) is 23.1 Å². The van der Waals surface area contributed by atoms with Crippen LogP contribution in [-0.2, 0) is 0 Å². The largest absolute Gasteiger partial charge is 0.476 e. The third-order valence-corrected chi connectivity index (χ3v) is 2.33. The Kier molecular flexibility index (Phi) is 3.46. The summed E-state index contributed by atoms with van der Waals surface area (Å²) in [5.41, 5.74) is 0.292. The van der Waals surface area contributed by atoms with Crippen molar-refractivity contribution in [2.75, 3.05) is 0 Å². The van der Waals surface area contributed by atoms with Gasteiger partial charge in [-0.1, -0.05) is 0 Å². The highest BCUT2D eigenvalue weighted by Gasteiger charge is 2.17. The molecule has 19 heavy (non-hydrogen) atoms. The maximum Gasteiger partial charge on any atom is 0.387 e. The molecule has 0 radical (unpaired) electrons. The molecule has 2 rings (SSSR count). The first-order valence-electron chi connectivity index (χ1n) is 5.23. The summed E-state index contributed by atoms with van der Waals surface area (Å²) in [6, 6.07) is 5.55. The zero-order valence-electron chi connectivity index (χ0n) is 9.76. The lowest BCUT2D eigenvalue weighted by Crippen LogP contribution is -2.01. The van der Waals surface area contributed by atoms with E-state index in [1.54, 1.807) is 0 Å². The summed E-state index contributed by atoms with van der Waals surface area (Å²) < 4.78 is 33.3. The smallest absolute Gasteiger partial charge is 0.387 e. The van der Waals surface area contributed by atoms with Gasteiger partial charge in [-0.25, -0.2) is 9.78 Å². The van der Waals surface area contributed by atoms with Crippen molar-refractivity contribution >= 4 is 5.97 Å². The maximum absolute atomic E-state index is 12.0. The van der Waals surface area contributed by atoms with Gasteiger partial charge in [0.15, 0.2) is 5.69 Å². The van der Waals surface area contributed by atoms with Crippen LogP contribution in [0.5, 0.6) is 5.75 Å². The van der Waals surface area contributed by atoms with Crippen LogP contribution >= 0.6 is 0 Å². The summed E-state index contributed by atoms with van der Waals surface area (Å²) in [4.78, 5) is 14.6. The second-order valence-electron chi connectivity index (χ2n) is 3.63. The summed E-state index contributed by atoms with van der Waals surface area (Å²) in [5.74, 6) is -0.903. The van der Waals surface area contributed by atoms with E-state index in [0.29, 0.717) is 5.56 Å². The van der Waals surface area contributed by atoms with E-state index in [1.165, 1.54) is 31.2 Å². The number of alkyl halides is 2. The summed E-state index contributed by atoms with van der Waals surface area (Å²) >= 11 is 0. The standard InChI is InChI=1S/C12H9F2NO4/c1-6-9(11(16)17)15-10(18-6)7-2-4-8(5-3-7)19-12(13)14/h2-5,12H,1H3,(H,16,17). The highest BCUT2D eigenvalue weighted by molar-refractivity contribution is 5.87. The number of aryl methyl sites for hydroxylation is 1. The van der Waals surface area contributed by atoms with Crippen molar-refractivity contribution in [3.8, 4) is 17.2 Å². The fourth-order valence-electron chi connectivity index (χ4n) is 1.50. The number of carboxylic acids is 1. The molecule has 0 saturated carbocycles. The van der Waals surface area contributed by atoms with Crippen LogP contribution < -0.4 is 4.74 Å². The van der Waals surface area contributed by atoms with Crippen molar-refractivity contribution in [3.63, 3.8) is 0 Å². The molecule has 1 aromatic carbocycles. The van der Waals surface area contributed by atoms with Crippen molar-refractivity contribution in [2.24, 2.45) is 0 Å². The molecule has 0 spiro atoms. The van der Waals surface area contributed by atoms with Crippen LogP contribution in [0.4, 0.5) is 8.78 Å². The number of aromatic nitrogens is 1. The normalized spacial score (nSPS) is 10.7. The number of aromatic carboxylic acids is 1. The van der Waals surface area contributed by atoms with E-state index >= 15 is 0 Å². The number of ether oxygens (including phenoxy) is 1. The van der Waals surface area contributed by atoms with Gasteiger partial charge in [-0.05, 0) is 31.2 Å². The van der Waals surface area contributed by atoms with Gasteiger partial charge in [0.2, 0.25) is 5.89 Å². The number of rotatable bonds is 4. The van der Waals surface area contributed by atoms with Crippen molar-refractivity contribution < 1.29 is 27.8 Å². The average Bonchev–Trinajstić information content (AvgIpc) is 2.71. The van der Waals surface area contributed by atoms with Crippen LogP contribution in [0.3, 0.4) is 0 Å². The Morgan fingerprint density at radius 3 is 2.47 bits per heavy atom. The fraction of sp³-hybridized carbons (Fsp3) is 0.167. The lowest BCUT2D eigenvalue weighted by Gasteiger charge is -2.03. The molecule has 5 nitrogen and oxygen atoms in total. The number of oxazole rings is 1. The van der Waals surface area contributed by atoms with Crippen LogP contribution in [0.15, 0.2) is 28.7 Å². The number of hydrogen-bond acceptors (Lipinski definition) is 4. The molecule has 7 heteroatoms. The zero-order valence-corrected chi connectivity index (χ0v) is 9.76. The third kappa shape index (κ3) is 2.87. The number of nitrogens with zero attached hydrogens (tertiary/aromatic N) is 1. The van der Waals surface area contributed by atoms with E-state index in [4.69, 9.17) is 9.52 Å². The third-order valence-electron chi connectivity index (χ3n) is 2.33. The summed E-state index contributed by atoms with van der Waals surface area (Å²) in [6.07, 6.45) is 0. The molecule has 0 aliphatic heterocycles. The van der Waals surface area contributed by atoms with E-state index in [1.807, 2.05) is 0 Å². The molecular formula is C12H9F2NO4. The molecule has 100 valence electrons. The molecule has 1 heterocycles. The average molecular weight is 269 g/mol. The van der Waals surface area contributed by atoms with Gasteiger partial charge in [0.05, 0.1) is 0 Å². The zero-order chi connectivity index (χ0) is 14.0. The minimum Gasteiger partial charge on any atom is -0.476 e. The van der Waals surface area contributed by atoms with Gasteiger partial charge in [-0.2, -0.15) is 8.78 Å². The Morgan fingerprint density at radius 2 is 2.00 bits per heavy atom. The van der Waals surface area contributed by atoms with E-state index in [9.17, 15) is 13.6 Å². The topological polar surface area (TPSA) is 72.6 Å². The predicted molar refractivity (Wildman–Crippen MR) is 60.3 cm³/mol. The second kappa shape index (κ2) is 5.05. The highest BCUT2D eigenvalue weighted by Crippen LogP contribution is 2.24. The molecule has 1 aromatic heterocycles. The summed E-state index contributed by atoms with van der Waals surface area (Å²) in [7, 11) is 0. The Balaban J connectivity index is 2.27. The maximum atomic E-state index is 12.0. The van der Waals surface area contributed by atoms with Crippen LogP contribution in [0, 0.1) is 6.92 Å². The quantitative estimate of drug-likeness (QED) is 0.923. The van der Waals surface area contributed by atoms with Gasteiger partial charge < -0.3 is 14.3 Å². The molecule has 0 aliphatic rings. The lowest BCUT2D eigenvalue weighted by atomic mass is 10.2. The molecule has 0 unspecified atom stereocenters. The summed E-state index contributed by atoms with van der Waals surface area (Å²) in [5, 5.41) is 8.84. The fourth-order valence-corrected chi connectivity index (χ4v) is 1.50. The van der Waals surface area contributed by atoms with Gasteiger partial charge in [-0.15, -0.1) is 0 Å². The highest BCUT2D eigenvalue weighted by atomic mass is 19.3. The van der Waals surface area contributed by atoms with Gasteiger partial charge in [0.25, 0.3) is 0 Å². The molecule has 0 fully saturated rings. The van der Waals surface area contributed by atoms with Crippen LogP contribution in [0.2, 0.25) is 0 Å². The van der Waals surface area contributed by atoms with Crippen molar-refractivity contribution in [1.29, 1.82) is 0 Å². The first-order chi connectivity index (χ1) is 8.97. The second-order valence-corrected chi connectivity index (χ2v) is 3.63. The predicted octanol–water partition coefficient (Wildman–Crippen LogP) is 2.95. The van der Waals surface area contributed by atoms with Gasteiger partial charge in [-0.3, -0.25) is 0 Å². The Labute approximate surface area is 106 Å². The van der Waals surface area contributed by atoms with Crippen LogP contribution in [0.1, 0.15) is 16.2 Å². The first kappa shape index (κ1) is 13.0. The number of benzene rings is 1. The Morgan fingerprint density at radius 1 is 1.37 bits per heavy atom. The molecular weight excluding hydrogens is 260 g/mol. The molecule has 0 saturated heterocycles. The van der Waals surface area contributed by atoms with Gasteiger partial charge >= 0.3 is 12.6 Å². The number of carboxylic acid groups (broad SMARTS) is 1. The van der Waals surface area contributed by atoms with Crippen molar-refractivity contribution in [1.82, 2.24) is 4.98 Å². The molecule has 0 amide bonds. The minimum absolute atomic E-state index is 0.000450. The molecule has 0 atom stereocenters. The Hall–Kier alpha value is -2.44. The molecule has 0 aliphatic carbocycles. The molecule has 0 bridgehead atoms. The van der Waals surface area contributed by atoms with Gasteiger partial charge in [0, 0.05) is 5.56 Å². The lowest BCUT2D eigenvalue weighted by molar-refractivity contribution is -0.0498. The van der Waals surface area contributed by atoms with E-state index < -0.39 is 12.6 Å². The number of halogens is 2. The van der Waals surface area contributed by atoms with E-state index in [0.717, 1.165) is 0 Å². The van der Waals surface area contributed by atoms with Crippen molar-refractivity contribution in [2.45, 2.75) is 13.5 Å². The number of hydrogen-bond donors (Lipinski definition) is 1. The van der Waals surface area contributed by atoms with E-state index in [2.05, 4.69) is 9.72 Å². The van der Waals surface area contributed by atoms with Crippen LogP contribution in [0.25, 0.3) is 11.5 Å². The summed E-state index contributed by atoms with van der Waals surface area (Å²) in [6.45, 7) is -1.41.